The number of carboxylic acid groups (broad SMARTS) is 1. The second kappa shape index (κ2) is 11.3. The molecule has 174 valence electrons. The van der Waals surface area contributed by atoms with Gasteiger partial charge in [0, 0.05) is 11.1 Å². The number of fused-ring (bicyclic) bond motifs is 2. The van der Waals surface area contributed by atoms with Gasteiger partial charge in [0.1, 0.15) is 5.66 Å². The van der Waals surface area contributed by atoms with E-state index >= 15 is 0 Å². The topological polar surface area (TPSA) is 92.7 Å². The number of rotatable bonds is 9. The van der Waals surface area contributed by atoms with Crippen LogP contribution in [0, 0.1) is 0 Å². The van der Waals surface area contributed by atoms with Crippen LogP contribution in [0.1, 0.15) is 45.8 Å². The van der Waals surface area contributed by atoms with Gasteiger partial charge in [0.25, 0.3) is 0 Å². The van der Waals surface area contributed by atoms with Gasteiger partial charge in [-0.2, -0.15) is 0 Å². The normalized spacial score (nSPS) is 12.3. The Morgan fingerprint density at radius 2 is 1.31 bits per heavy atom. The van der Waals surface area contributed by atoms with Gasteiger partial charge in [-0.15, -0.1) is 0 Å². The van der Waals surface area contributed by atoms with Gasteiger partial charge in [-0.3, -0.25) is 9.36 Å². The molecule has 0 aliphatic rings. The predicted octanol–water partition coefficient (Wildman–Crippen LogP) is 2.55. The van der Waals surface area contributed by atoms with Gasteiger partial charge in [-0.25, -0.2) is 0 Å². The van der Waals surface area contributed by atoms with Gasteiger partial charge in [-0.1, -0.05) is 66.7 Å². The molecule has 0 radical (unpaired) electrons. The number of carbonyl (C=O) groups excluding carboxylic acids is 2. The molecule has 0 bridgehead atoms. The van der Waals surface area contributed by atoms with Crippen molar-refractivity contribution in [2.24, 2.45) is 0 Å². The molecule has 6 nitrogen and oxygen atoms in total. The average Bonchev–Trinajstić information content (AvgIpc) is 2.83. The quantitative estimate of drug-likeness (QED) is 0.207. The fourth-order valence-corrected chi connectivity index (χ4v) is 6.34. The van der Waals surface area contributed by atoms with Crippen LogP contribution in [0.4, 0.5) is 0 Å². The number of benzene rings is 4. The van der Waals surface area contributed by atoms with E-state index in [0.717, 1.165) is 5.39 Å². The molecule has 0 aliphatic carbocycles. The summed E-state index contributed by atoms with van der Waals surface area (Å²) in [5.41, 5.74) is -1.28. The van der Waals surface area contributed by atoms with Crippen LogP contribution in [0.15, 0.2) is 78.9 Å². The first-order valence-electron chi connectivity index (χ1n) is 11.0. The smallest absolute Gasteiger partial charge is 0.545 e. The molecule has 0 saturated heterocycles. The van der Waals surface area contributed by atoms with Crippen molar-refractivity contribution in [2.45, 2.75) is 19.5 Å². The van der Waals surface area contributed by atoms with Crippen LogP contribution in [0.2, 0.25) is 0 Å². The van der Waals surface area contributed by atoms with E-state index < -0.39 is 25.0 Å². The largest absolute Gasteiger partial charge is 1.00 e. The van der Waals surface area contributed by atoms with Crippen molar-refractivity contribution in [2.75, 3.05) is 13.2 Å². The number of ketones is 1. The Kier molecular flexibility index (Phi) is 8.72. The van der Waals surface area contributed by atoms with Crippen molar-refractivity contribution < 1.29 is 47.2 Å². The molecule has 0 heterocycles. The average molecular weight is 482 g/mol. The maximum Gasteiger partial charge on any atom is 1.00 e. The van der Waals surface area contributed by atoms with Crippen molar-refractivity contribution >= 4 is 40.9 Å². The Morgan fingerprint density at radius 1 is 0.800 bits per heavy atom. The molecule has 1 unspecified atom stereocenters. The van der Waals surface area contributed by atoms with Gasteiger partial charge in [0.15, 0.2) is 5.78 Å². The Labute approximate surface area is 216 Å². The van der Waals surface area contributed by atoms with Crippen LogP contribution >= 0.6 is 7.60 Å². The van der Waals surface area contributed by atoms with Crippen molar-refractivity contribution in [1.29, 1.82) is 0 Å². The van der Waals surface area contributed by atoms with Gasteiger partial charge >= 0.3 is 26.5 Å². The number of hydrogen-bond acceptors (Lipinski definition) is 6. The van der Waals surface area contributed by atoms with E-state index in [0.29, 0.717) is 21.7 Å². The summed E-state index contributed by atoms with van der Waals surface area (Å²) in [6, 6.07) is 22.8. The number of aromatic carboxylic acids is 1. The van der Waals surface area contributed by atoms with Crippen molar-refractivity contribution in [1.82, 2.24) is 0 Å². The zero-order valence-electron chi connectivity index (χ0n) is 19.9. The summed E-state index contributed by atoms with van der Waals surface area (Å²) in [6.45, 7) is 3.44. The Hall–Kier alpha value is -2.71. The van der Waals surface area contributed by atoms with E-state index in [9.17, 15) is 19.3 Å². The molecule has 35 heavy (non-hydrogen) atoms. The van der Waals surface area contributed by atoms with Crippen LogP contribution in [0.3, 0.4) is 0 Å². The maximum atomic E-state index is 14.1. The second-order valence-corrected chi connectivity index (χ2v) is 9.86. The van der Waals surface area contributed by atoms with Crippen LogP contribution in [0.5, 0.6) is 0 Å². The predicted molar refractivity (Wildman–Crippen MR) is 130 cm³/mol. The molecular weight excluding hydrogens is 458 g/mol. The summed E-state index contributed by atoms with van der Waals surface area (Å²) in [6.07, 6.45) is 0. The van der Waals surface area contributed by atoms with Crippen LogP contribution < -0.4 is 24.0 Å². The summed E-state index contributed by atoms with van der Waals surface area (Å²) in [5, 5.41) is 14.9. The van der Waals surface area contributed by atoms with Crippen molar-refractivity contribution in [3.8, 4) is 0 Å². The second-order valence-electron chi connectivity index (χ2n) is 7.74. The molecule has 0 aliphatic heterocycles. The van der Waals surface area contributed by atoms with E-state index in [-0.39, 0.29) is 43.2 Å². The number of hydrogen-bond donors (Lipinski definition) is 0. The molecule has 0 aromatic heterocycles. The first kappa shape index (κ1) is 26.9. The molecule has 4 aromatic carbocycles. The molecule has 0 N–H and O–H groups in total. The fraction of sp³-hybridized carbons (Fsp3) is 0.185. The summed E-state index contributed by atoms with van der Waals surface area (Å²) < 4.78 is 25.3. The van der Waals surface area contributed by atoms with E-state index in [1.165, 1.54) is 12.1 Å². The van der Waals surface area contributed by atoms with Gasteiger partial charge in [0.2, 0.25) is 0 Å². The van der Waals surface area contributed by atoms with Gasteiger partial charge in [0.05, 0.1) is 19.2 Å². The summed E-state index contributed by atoms with van der Waals surface area (Å²) in [5.74, 6) is -2.15. The molecule has 1 atom stereocenters. The van der Waals surface area contributed by atoms with E-state index in [4.69, 9.17) is 9.05 Å². The Morgan fingerprint density at radius 3 is 1.89 bits per heavy atom. The number of Topliss-reactive ketones (excluding diaryl/α,β-unsaturated/α-hetero) is 1. The molecule has 0 fully saturated rings. The Bertz CT molecular complexity index is 1420. The third kappa shape index (κ3) is 5.28. The first-order chi connectivity index (χ1) is 16.4. The monoisotopic (exact) mass is 482 g/mol. The van der Waals surface area contributed by atoms with Crippen LogP contribution in [-0.2, 0) is 13.6 Å². The minimum absolute atomic E-state index is 0. The number of carbonyl (C=O) groups is 2. The third-order valence-electron chi connectivity index (χ3n) is 5.67. The fourth-order valence-electron chi connectivity index (χ4n) is 4.25. The molecular formula is C27H24LiO6P. The summed E-state index contributed by atoms with van der Waals surface area (Å²) in [4.78, 5) is 26.2. The zero-order chi connectivity index (χ0) is 24.3. The van der Waals surface area contributed by atoms with Crippen molar-refractivity contribution in [3.63, 3.8) is 0 Å². The molecule has 4 aromatic rings. The van der Waals surface area contributed by atoms with Gasteiger partial charge < -0.3 is 18.9 Å². The molecule has 0 spiro atoms. The third-order valence-corrected chi connectivity index (χ3v) is 8.05. The van der Waals surface area contributed by atoms with E-state index in [1.807, 2.05) is 30.3 Å². The molecule has 0 amide bonds. The maximum absolute atomic E-state index is 14.1. The van der Waals surface area contributed by atoms with E-state index in [1.54, 1.807) is 50.2 Å². The van der Waals surface area contributed by atoms with E-state index in [2.05, 4.69) is 0 Å². The number of carboxylic acids is 1. The standard InChI is InChI=1S/C27H25O6P.Li/c1-3-32-34(31,33-4-2)26(22-15-9-13-18-10-7-8-14-21(18)22)25(28)23-16-19-11-5-6-12-20(19)17-24(23)27(29)30;/h5-17,26H,3-4H2,1-2H3,(H,29,30);/q;+1/p-1. The van der Waals surface area contributed by atoms with Gasteiger partial charge in [-0.05, 0) is 53.1 Å². The minimum atomic E-state index is -4.05. The molecule has 8 heteroatoms. The summed E-state index contributed by atoms with van der Waals surface area (Å²) in [7, 11) is -4.05. The zero-order valence-corrected chi connectivity index (χ0v) is 20.8. The SMILES string of the molecule is CCOP(=O)(OCC)C(C(=O)c1cc2ccccc2cc1C(=O)[O-])c1cccc2ccccc12.[Li+]. The molecule has 0 saturated carbocycles. The summed E-state index contributed by atoms with van der Waals surface area (Å²) >= 11 is 0. The van der Waals surface area contributed by atoms with Crippen LogP contribution in [0.25, 0.3) is 21.5 Å². The van der Waals surface area contributed by atoms with Crippen molar-refractivity contribution in [3.05, 3.63) is 95.6 Å². The minimum Gasteiger partial charge on any atom is -0.545 e. The molecule has 4 rings (SSSR count). The Balaban J connectivity index is 0.00000342. The first-order valence-corrected chi connectivity index (χ1v) is 12.7. The van der Waals surface area contributed by atoms with Crippen LogP contribution in [-0.4, -0.2) is 25.0 Å².